The van der Waals surface area contributed by atoms with E-state index in [1.54, 1.807) is 0 Å². The lowest BCUT2D eigenvalue weighted by atomic mass is 10.2. The molecule has 133 valence electrons. The fourth-order valence-corrected chi connectivity index (χ4v) is 12.1. The van der Waals surface area contributed by atoms with Crippen molar-refractivity contribution < 1.29 is 4.80 Å². The fraction of sp³-hybridized carbons (Fsp3) is 1.00. The van der Waals surface area contributed by atoms with E-state index in [0.29, 0.717) is 16.6 Å². The molecule has 0 unspecified atom stereocenters. The van der Waals surface area contributed by atoms with Crippen LogP contribution in [0.3, 0.4) is 0 Å². The largest absolute Gasteiger partial charge is 0.296 e. The summed E-state index contributed by atoms with van der Waals surface area (Å²) >= 11 is 0. The molecule has 1 nitrogen and oxygen atoms in total. The zero-order chi connectivity index (χ0) is 16.0. The van der Waals surface area contributed by atoms with E-state index in [0.717, 1.165) is 0 Å². The van der Waals surface area contributed by atoms with E-state index in [2.05, 4.69) is 0 Å². The highest BCUT2D eigenvalue weighted by Gasteiger charge is 2.53. The predicted molar refractivity (Wildman–Crippen MR) is 101 cm³/mol. The molecule has 3 fully saturated rings. The van der Waals surface area contributed by atoms with Crippen molar-refractivity contribution in [2.45, 2.75) is 132 Å². The smallest absolute Gasteiger partial charge is 0.246 e. The quantitative estimate of drug-likeness (QED) is 0.375. The molecule has 2 heteroatoms. The highest BCUT2D eigenvalue weighted by atomic mass is 28.4. The van der Waals surface area contributed by atoms with Crippen LogP contribution in [0.5, 0.6) is 0 Å². The first-order chi connectivity index (χ1) is 11.3. The molecule has 3 rings (SSSR count). The molecule has 0 amide bonds. The summed E-state index contributed by atoms with van der Waals surface area (Å²) in [6.45, 7) is 0. The maximum absolute atomic E-state index is 14.8. The van der Waals surface area contributed by atoms with Crippen LogP contribution < -0.4 is 0 Å². The normalized spacial score (nSPS) is 28.0. The molecule has 0 bridgehead atoms. The molecule has 0 saturated heterocycles. The Kier molecular flexibility index (Phi) is 7.06. The van der Waals surface area contributed by atoms with E-state index < -0.39 is 8.32 Å². The second-order valence-electron chi connectivity index (χ2n) is 8.92. The minimum absolute atomic E-state index is 0.635. The summed E-state index contributed by atoms with van der Waals surface area (Å²) in [6.07, 6.45) is 24.4. The van der Waals surface area contributed by atoms with Gasteiger partial charge in [-0.1, -0.05) is 116 Å². The Morgan fingerprint density at radius 3 is 0.826 bits per heavy atom. The molecule has 3 aliphatic carbocycles. The van der Waals surface area contributed by atoms with Crippen LogP contribution in [-0.2, 0) is 4.80 Å². The molecule has 0 spiro atoms. The van der Waals surface area contributed by atoms with E-state index in [9.17, 15) is 4.80 Å². The molecule has 0 aliphatic heterocycles. The van der Waals surface area contributed by atoms with E-state index in [1.807, 2.05) is 0 Å². The molecule has 0 aromatic rings. The molecule has 0 aromatic heterocycles. The molecule has 3 aliphatic rings. The molecule has 0 aromatic carbocycles. The monoisotopic (exact) mass is 335 g/mol. The van der Waals surface area contributed by atoms with Crippen molar-refractivity contribution in [1.29, 1.82) is 0 Å². The van der Waals surface area contributed by atoms with Crippen LogP contribution in [0.2, 0.25) is 16.6 Å². The first-order valence-corrected chi connectivity index (χ1v) is 13.2. The van der Waals surface area contributed by atoms with Crippen molar-refractivity contribution in [2.75, 3.05) is 0 Å². The first kappa shape index (κ1) is 18.0. The maximum atomic E-state index is 14.8. The van der Waals surface area contributed by atoms with Gasteiger partial charge in [0.15, 0.2) is 0 Å². The summed E-state index contributed by atoms with van der Waals surface area (Å²) < 4.78 is 0. The van der Waals surface area contributed by atoms with Gasteiger partial charge in [0.1, 0.15) is 0 Å². The van der Waals surface area contributed by atoms with Crippen LogP contribution in [0.1, 0.15) is 116 Å². The van der Waals surface area contributed by atoms with Gasteiger partial charge >= 0.3 is 0 Å². The SMILES string of the molecule is [O][Si](C1CCCCCC1)(C1CCCCCC1)C1CCCCCC1. The Morgan fingerprint density at radius 1 is 0.391 bits per heavy atom. The third kappa shape index (κ3) is 4.42. The molecule has 0 heterocycles. The Balaban J connectivity index is 1.82. The topological polar surface area (TPSA) is 19.9 Å². The summed E-state index contributed by atoms with van der Waals surface area (Å²) in [5.41, 5.74) is 1.91. The van der Waals surface area contributed by atoms with Crippen LogP contribution >= 0.6 is 0 Å². The van der Waals surface area contributed by atoms with E-state index in [-0.39, 0.29) is 0 Å². The Morgan fingerprint density at radius 2 is 0.609 bits per heavy atom. The van der Waals surface area contributed by atoms with E-state index in [4.69, 9.17) is 0 Å². The average molecular weight is 336 g/mol. The van der Waals surface area contributed by atoms with Gasteiger partial charge in [0.05, 0.1) is 0 Å². The third-order valence-corrected chi connectivity index (χ3v) is 13.0. The van der Waals surface area contributed by atoms with Gasteiger partial charge in [-0.25, -0.2) is 0 Å². The van der Waals surface area contributed by atoms with Crippen molar-refractivity contribution in [3.8, 4) is 0 Å². The van der Waals surface area contributed by atoms with Gasteiger partial charge in [-0.2, -0.15) is 0 Å². The summed E-state index contributed by atoms with van der Waals surface area (Å²) in [5, 5.41) is 0. The minimum atomic E-state index is -2.39. The van der Waals surface area contributed by atoms with E-state index >= 15 is 0 Å². The van der Waals surface area contributed by atoms with Crippen molar-refractivity contribution in [3.05, 3.63) is 0 Å². The second kappa shape index (κ2) is 9.04. The maximum Gasteiger partial charge on any atom is 0.246 e. The summed E-state index contributed by atoms with van der Waals surface area (Å²) in [4.78, 5) is 14.8. The van der Waals surface area contributed by atoms with Gasteiger partial charge in [0.2, 0.25) is 8.32 Å². The van der Waals surface area contributed by atoms with Crippen molar-refractivity contribution in [3.63, 3.8) is 0 Å². The van der Waals surface area contributed by atoms with Gasteiger partial charge in [-0.3, -0.25) is 4.80 Å². The third-order valence-electron chi connectivity index (χ3n) is 7.48. The van der Waals surface area contributed by atoms with Crippen molar-refractivity contribution in [1.82, 2.24) is 0 Å². The van der Waals surface area contributed by atoms with Crippen LogP contribution in [0.4, 0.5) is 0 Å². The summed E-state index contributed by atoms with van der Waals surface area (Å²) in [5.74, 6) is 0. The van der Waals surface area contributed by atoms with Crippen LogP contribution in [0, 0.1) is 0 Å². The van der Waals surface area contributed by atoms with Gasteiger partial charge in [-0.05, 0) is 16.6 Å². The van der Waals surface area contributed by atoms with Crippen LogP contribution in [0.15, 0.2) is 0 Å². The average Bonchev–Trinajstić information content (AvgIpc) is 3.10. The lowest BCUT2D eigenvalue weighted by Gasteiger charge is -2.43. The highest BCUT2D eigenvalue weighted by molar-refractivity contribution is 6.76. The Labute approximate surface area is 145 Å². The molecule has 3 saturated carbocycles. The van der Waals surface area contributed by atoms with E-state index in [1.165, 1.54) is 116 Å². The molecular formula is C21H39OSi. The van der Waals surface area contributed by atoms with Crippen LogP contribution in [0.25, 0.3) is 0 Å². The number of rotatable bonds is 3. The van der Waals surface area contributed by atoms with Gasteiger partial charge in [0, 0.05) is 0 Å². The number of hydrogen-bond acceptors (Lipinski definition) is 0. The predicted octanol–water partition coefficient (Wildman–Crippen LogP) is 7.54. The Hall–Kier alpha value is 0.177. The van der Waals surface area contributed by atoms with Crippen LogP contribution in [-0.4, -0.2) is 8.32 Å². The summed E-state index contributed by atoms with van der Waals surface area (Å²) in [7, 11) is -2.39. The number of hydrogen-bond donors (Lipinski definition) is 0. The molecular weight excluding hydrogens is 296 g/mol. The fourth-order valence-electron chi connectivity index (χ4n) is 6.19. The van der Waals surface area contributed by atoms with Crippen molar-refractivity contribution >= 4 is 8.32 Å². The highest BCUT2D eigenvalue weighted by Crippen LogP contribution is 2.54. The zero-order valence-electron chi connectivity index (χ0n) is 15.4. The molecule has 1 radical (unpaired) electrons. The lowest BCUT2D eigenvalue weighted by molar-refractivity contribution is 0.330. The molecule has 0 atom stereocenters. The molecule has 0 N–H and O–H groups in total. The summed E-state index contributed by atoms with van der Waals surface area (Å²) in [6, 6.07) is 0. The Bertz CT molecular complexity index is 268. The standard InChI is InChI=1S/C21H39OSi/c22-23(19-13-7-1-2-8-14-19,20-15-9-3-4-10-16-20)21-17-11-5-6-12-18-21/h19-21H,1-18H2. The second-order valence-corrected chi connectivity index (χ2v) is 13.1. The minimum Gasteiger partial charge on any atom is -0.296 e. The first-order valence-electron chi connectivity index (χ1n) is 11.0. The van der Waals surface area contributed by atoms with Gasteiger partial charge in [-0.15, -0.1) is 0 Å². The van der Waals surface area contributed by atoms with Crippen molar-refractivity contribution in [2.24, 2.45) is 0 Å². The lowest BCUT2D eigenvalue weighted by Crippen LogP contribution is -2.48. The van der Waals surface area contributed by atoms with Gasteiger partial charge in [0.25, 0.3) is 0 Å². The zero-order valence-corrected chi connectivity index (χ0v) is 16.4. The van der Waals surface area contributed by atoms with Gasteiger partial charge < -0.3 is 0 Å². The molecule has 23 heavy (non-hydrogen) atoms.